The predicted molar refractivity (Wildman–Crippen MR) is 73.2 cm³/mol. The summed E-state index contributed by atoms with van der Waals surface area (Å²) in [5.74, 6) is 0.913. The fraction of sp³-hybridized carbons (Fsp3) is 0.385. The number of aryl methyl sites for hydroxylation is 2. The summed E-state index contributed by atoms with van der Waals surface area (Å²) >= 11 is 0. The molecule has 0 aliphatic carbocycles. The zero-order valence-electron chi connectivity index (χ0n) is 10.5. The van der Waals surface area contributed by atoms with E-state index in [1.54, 1.807) is 13.3 Å². The molecule has 0 saturated carbocycles. The lowest BCUT2D eigenvalue weighted by molar-refractivity contribution is 0.414. The fourth-order valence-corrected chi connectivity index (χ4v) is 1.75. The summed E-state index contributed by atoms with van der Waals surface area (Å²) < 4.78 is 6.99. The molecule has 0 unspecified atom stereocenters. The number of nitrogens with zero attached hydrogens (tertiary/aromatic N) is 3. The average molecular weight is 268 g/mol. The fourth-order valence-electron chi connectivity index (χ4n) is 1.75. The zero-order chi connectivity index (χ0) is 11.9. The van der Waals surface area contributed by atoms with Gasteiger partial charge in [0.2, 0.25) is 0 Å². The maximum Gasteiger partial charge on any atom is 0.118 e. The Morgan fingerprint density at radius 3 is 2.56 bits per heavy atom. The van der Waals surface area contributed by atoms with Crippen LogP contribution in [0.25, 0.3) is 0 Å². The van der Waals surface area contributed by atoms with Crippen LogP contribution in [-0.4, -0.2) is 22.1 Å². The van der Waals surface area contributed by atoms with Crippen LogP contribution in [0.1, 0.15) is 18.4 Å². The van der Waals surface area contributed by atoms with Gasteiger partial charge in [0.25, 0.3) is 0 Å². The van der Waals surface area contributed by atoms with Crippen LogP contribution < -0.4 is 4.74 Å². The second kappa shape index (κ2) is 7.71. The molecule has 2 aromatic rings. The second-order valence-electron chi connectivity index (χ2n) is 3.97. The van der Waals surface area contributed by atoms with Gasteiger partial charge in [-0.25, -0.2) is 0 Å². The Morgan fingerprint density at radius 1 is 1.17 bits per heavy atom. The van der Waals surface area contributed by atoms with E-state index in [0.29, 0.717) is 0 Å². The zero-order valence-corrected chi connectivity index (χ0v) is 11.3. The first-order valence-corrected chi connectivity index (χ1v) is 5.85. The molecule has 18 heavy (non-hydrogen) atoms. The van der Waals surface area contributed by atoms with Crippen LogP contribution in [-0.2, 0) is 13.0 Å². The lowest BCUT2D eigenvalue weighted by atomic mass is 10.1. The van der Waals surface area contributed by atoms with E-state index in [2.05, 4.69) is 22.4 Å². The van der Waals surface area contributed by atoms with Gasteiger partial charge in [-0.1, -0.05) is 17.3 Å². The van der Waals surface area contributed by atoms with Gasteiger partial charge in [-0.05, 0) is 37.0 Å². The van der Waals surface area contributed by atoms with Crippen molar-refractivity contribution in [3.8, 4) is 5.75 Å². The van der Waals surface area contributed by atoms with Crippen LogP contribution in [0, 0.1) is 0 Å². The van der Waals surface area contributed by atoms with Gasteiger partial charge in [0.05, 0.1) is 13.3 Å². The summed E-state index contributed by atoms with van der Waals surface area (Å²) in [6.45, 7) is 0.941. The van der Waals surface area contributed by atoms with Crippen LogP contribution in [0.15, 0.2) is 36.7 Å². The highest BCUT2D eigenvalue weighted by molar-refractivity contribution is 5.85. The monoisotopic (exact) mass is 267 g/mol. The van der Waals surface area contributed by atoms with Crippen molar-refractivity contribution in [3.63, 3.8) is 0 Å². The van der Waals surface area contributed by atoms with Crippen molar-refractivity contribution >= 4 is 12.4 Å². The minimum absolute atomic E-state index is 0. The van der Waals surface area contributed by atoms with Crippen LogP contribution >= 0.6 is 12.4 Å². The lowest BCUT2D eigenvalue weighted by Gasteiger charge is -2.03. The third kappa shape index (κ3) is 4.37. The molecule has 1 heterocycles. The van der Waals surface area contributed by atoms with E-state index >= 15 is 0 Å². The molecule has 0 bridgehead atoms. The molecular formula is C13H18ClN3O. The molecule has 0 fully saturated rings. The molecule has 0 aliphatic rings. The van der Waals surface area contributed by atoms with Crippen LogP contribution in [0.2, 0.25) is 0 Å². The Labute approximate surface area is 113 Å². The van der Waals surface area contributed by atoms with Crippen molar-refractivity contribution in [1.29, 1.82) is 0 Å². The highest BCUT2D eigenvalue weighted by atomic mass is 35.5. The summed E-state index contributed by atoms with van der Waals surface area (Å²) in [5.41, 5.74) is 1.35. The van der Waals surface area contributed by atoms with E-state index in [-0.39, 0.29) is 12.4 Å². The standard InChI is InChI=1S/C13H17N3O.ClH/c1-17-13-7-5-12(6-8-13)4-2-3-10-16-11-9-14-15-16;/h5-9,11H,2-4,10H2,1H3;1H. The number of halogens is 1. The second-order valence-corrected chi connectivity index (χ2v) is 3.97. The van der Waals surface area contributed by atoms with E-state index < -0.39 is 0 Å². The number of hydrogen-bond donors (Lipinski definition) is 0. The van der Waals surface area contributed by atoms with Gasteiger partial charge < -0.3 is 4.74 Å². The minimum Gasteiger partial charge on any atom is -0.497 e. The van der Waals surface area contributed by atoms with Gasteiger partial charge in [0, 0.05) is 12.7 Å². The summed E-state index contributed by atoms with van der Waals surface area (Å²) in [5, 5.41) is 7.71. The van der Waals surface area contributed by atoms with Crippen LogP contribution in [0.3, 0.4) is 0 Å². The number of aromatic nitrogens is 3. The molecule has 1 aromatic heterocycles. The SMILES string of the molecule is COc1ccc(CCCCn2ccnn2)cc1.Cl. The van der Waals surface area contributed by atoms with Crippen molar-refractivity contribution in [2.75, 3.05) is 7.11 Å². The normalized spacial score (nSPS) is 9.83. The van der Waals surface area contributed by atoms with Gasteiger partial charge in [0.1, 0.15) is 5.75 Å². The largest absolute Gasteiger partial charge is 0.497 e. The molecule has 0 spiro atoms. The van der Waals surface area contributed by atoms with E-state index in [1.165, 1.54) is 5.56 Å². The maximum atomic E-state index is 5.13. The molecule has 0 amide bonds. The summed E-state index contributed by atoms with van der Waals surface area (Å²) in [4.78, 5) is 0. The van der Waals surface area contributed by atoms with Crippen molar-refractivity contribution in [3.05, 3.63) is 42.2 Å². The van der Waals surface area contributed by atoms with Crippen molar-refractivity contribution < 1.29 is 4.74 Å². The molecule has 0 radical (unpaired) electrons. The average Bonchev–Trinajstić information content (AvgIpc) is 2.88. The number of unbranched alkanes of at least 4 members (excludes halogenated alkanes) is 1. The maximum absolute atomic E-state index is 5.13. The van der Waals surface area contributed by atoms with Crippen molar-refractivity contribution in [1.82, 2.24) is 15.0 Å². The van der Waals surface area contributed by atoms with Crippen molar-refractivity contribution in [2.45, 2.75) is 25.8 Å². The first-order valence-electron chi connectivity index (χ1n) is 5.85. The molecule has 1 aromatic carbocycles. The number of benzene rings is 1. The Kier molecular flexibility index (Phi) is 6.22. The smallest absolute Gasteiger partial charge is 0.118 e. The van der Waals surface area contributed by atoms with Gasteiger partial charge in [0.15, 0.2) is 0 Å². The van der Waals surface area contributed by atoms with E-state index in [9.17, 15) is 0 Å². The Bertz CT molecular complexity index is 428. The van der Waals surface area contributed by atoms with E-state index in [4.69, 9.17) is 4.74 Å². The highest BCUT2D eigenvalue weighted by Gasteiger charge is 1.96. The third-order valence-corrected chi connectivity index (χ3v) is 2.73. The van der Waals surface area contributed by atoms with Crippen molar-refractivity contribution in [2.24, 2.45) is 0 Å². The summed E-state index contributed by atoms with van der Waals surface area (Å²) in [6.07, 6.45) is 6.98. The predicted octanol–water partition coefficient (Wildman–Crippen LogP) is 2.73. The first-order chi connectivity index (χ1) is 8.38. The Morgan fingerprint density at radius 2 is 1.94 bits per heavy atom. The van der Waals surface area contributed by atoms with Gasteiger partial charge in [-0.3, -0.25) is 4.68 Å². The highest BCUT2D eigenvalue weighted by Crippen LogP contribution is 2.13. The molecule has 0 atom stereocenters. The topological polar surface area (TPSA) is 39.9 Å². The summed E-state index contributed by atoms with van der Waals surface area (Å²) in [7, 11) is 1.69. The van der Waals surface area contributed by atoms with Crippen LogP contribution in [0.4, 0.5) is 0 Å². The number of hydrogen-bond acceptors (Lipinski definition) is 3. The lowest BCUT2D eigenvalue weighted by Crippen LogP contribution is -1.99. The molecule has 0 aliphatic heterocycles. The van der Waals surface area contributed by atoms with E-state index in [0.717, 1.165) is 31.6 Å². The van der Waals surface area contributed by atoms with Gasteiger partial charge in [-0.2, -0.15) is 0 Å². The Hall–Kier alpha value is -1.55. The number of ether oxygens (including phenoxy) is 1. The van der Waals surface area contributed by atoms with E-state index in [1.807, 2.05) is 23.0 Å². The Balaban J connectivity index is 0.00000162. The van der Waals surface area contributed by atoms with Crippen LogP contribution in [0.5, 0.6) is 5.75 Å². The minimum atomic E-state index is 0. The molecule has 5 heteroatoms. The number of methoxy groups -OCH3 is 1. The molecule has 0 N–H and O–H groups in total. The summed E-state index contributed by atoms with van der Waals surface area (Å²) in [6, 6.07) is 8.25. The third-order valence-electron chi connectivity index (χ3n) is 2.73. The molecule has 0 saturated heterocycles. The van der Waals surface area contributed by atoms with Gasteiger partial charge >= 0.3 is 0 Å². The number of rotatable bonds is 6. The molecule has 98 valence electrons. The van der Waals surface area contributed by atoms with Gasteiger partial charge in [-0.15, -0.1) is 17.5 Å². The molecular weight excluding hydrogens is 250 g/mol. The quantitative estimate of drug-likeness (QED) is 0.756. The molecule has 4 nitrogen and oxygen atoms in total. The first kappa shape index (κ1) is 14.5. The molecule has 2 rings (SSSR count).